The third-order valence-corrected chi connectivity index (χ3v) is 3.92. The van der Waals surface area contributed by atoms with Crippen molar-refractivity contribution in [3.8, 4) is 0 Å². The lowest BCUT2D eigenvalue weighted by Crippen LogP contribution is -2.36. The Balaban J connectivity index is 4.49. The van der Waals surface area contributed by atoms with Crippen molar-refractivity contribution < 1.29 is 14.3 Å². The second-order valence-corrected chi connectivity index (χ2v) is 8.78. The van der Waals surface area contributed by atoms with Crippen LogP contribution in [0.5, 0.6) is 0 Å². The van der Waals surface area contributed by atoms with Crippen LogP contribution < -0.4 is 0 Å². The maximum absolute atomic E-state index is 10.4. The van der Waals surface area contributed by atoms with Gasteiger partial charge in [-0.15, -0.1) is 0 Å². The highest BCUT2D eigenvalue weighted by Gasteiger charge is 2.34. The molecule has 0 amide bonds. The summed E-state index contributed by atoms with van der Waals surface area (Å²) in [5.41, 5.74) is 0.0962. The van der Waals surface area contributed by atoms with Gasteiger partial charge in [0.25, 0.3) is 0 Å². The molecule has 1 atom stereocenters. The highest BCUT2D eigenvalue weighted by atomic mass is 16.5. The van der Waals surface area contributed by atoms with E-state index in [9.17, 15) is 4.79 Å². The first-order valence-corrected chi connectivity index (χ1v) is 8.62. The molecule has 3 heteroatoms. The number of ether oxygens (including phenoxy) is 2. The van der Waals surface area contributed by atoms with Crippen LogP contribution in [0.3, 0.4) is 0 Å². The van der Waals surface area contributed by atoms with Crippen molar-refractivity contribution in [2.75, 3.05) is 13.2 Å². The molecule has 0 radical (unpaired) electrons. The Hall–Kier alpha value is -0.410. The van der Waals surface area contributed by atoms with Crippen LogP contribution in [0, 0.1) is 10.8 Å². The fraction of sp³-hybridized carbons (Fsp3) is 0.947. The SMILES string of the molecule is CCC(C)OCC(C)(C)CC(C)(C)CC(C)(C)OCCC=O. The van der Waals surface area contributed by atoms with Crippen molar-refractivity contribution in [2.45, 2.75) is 92.8 Å². The van der Waals surface area contributed by atoms with Crippen LogP contribution in [0.2, 0.25) is 0 Å². The van der Waals surface area contributed by atoms with E-state index in [4.69, 9.17) is 9.47 Å². The first-order valence-electron chi connectivity index (χ1n) is 8.62. The Bertz CT molecular complexity index is 319. The summed E-state index contributed by atoms with van der Waals surface area (Å²) in [6, 6.07) is 0. The Kier molecular flexibility index (Phi) is 8.86. The molecule has 0 fully saturated rings. The smallest absolute Gasteiger partial charge is 0.122 e. The zero-order valence-electron chi connectivity index (χ0n) is 16.1. The lowest BCUT2D eigenvalue weighted by Gasteiger charge is -2.40. The fourth-order valence-corrected chi connectivity index (χ4v) is 3.48. The third-order valence-electron chi connectivity index (χ3n) is 3.92. The Morgan fingerprint density at radius 3 is 2.09 bits per heavy atom. The highest BCUT2D eigenvalue weighted by molar-refractivity contribution is 5.49. The quantitative estimate of drug-likeness (QED) is 0.375. The van der Waals surface area contributed by atoms with E-state index in [2.05, 4.69) is 55.4 Å². The summed E-state index contributed by atoms with van der Waals surface area (Å²) < 4.78 is 11.8. The molecule has 0 saturated carbocycles. The maximum Gasteiger partial charge on any atom is 0.122 e. The van der Waals surface area contributed by atoms with Gasteiger partial charge in [0.1, 0.15) is 6.29 Å². The van der Waals surface area contributed by atoms with Crippen molar-refractivity contribution in [3.63, 3.8) is 0 Å². The van der Waals surface area contributed by atoms with Crippen LogP contribution in [0.25, 0.3) is 0 Å². The minimum absolute atomic E-state index is 0.145. The largest absolute Gasteiger partial charge is 0.378 e. The van der Waals surface area contributed by atoms with Gasteiger partial charge in [-0.3, -0.25) is 0 Å². The van der Waals surface area contributed by atoms with E-state index in [1.54, 1.807) is 0 Å². The lowest BCUT2D eigenvalue weighted by molar-refractivity contribution is -0.111. The Morgan fingerprint density at radius 2 is 1.59 bits per heavy atom. The van der Waals surface area contributed by atoms with Crippen LogP contribution in [0.1, 0.15) is 81.1 Å². The molecule has 0 heterocycles. The first-order chi connectivity index (χ1) is 9.93. The fourth-order valence-electron chi connectivity index (χ4n) is 3.48. The van der Waals surface area contributed by atoms with E-state index >= 15 is 0 Å². The summed E-state index contributed by atoms with van der Waals surface area (Å²) in [6.45, 7) is 18.9. The number of hydrogen-bond acceptors (Lipinski definition) is 3. The van der Waals surface area contributed by atoms with Crippen LogP contribution in [0.4, 0.5) is 0 Å². The van der Waals surface area contributed by atoms with Crippen molar-refractivity contribution in [3.05, 3.63) is 0 Å². The topological polar surface area (TPSA) is 35.5 Å². The molecule has 0 aliphatic rings. The van der Waals surface area contributed by atoms with Gasteiger partial charge in [0.2, 0.25) is 0 Å². The van der Waals surface area contributed by atoms with Gasteiger partial charge in [-0.25, -0.2) is 0 Å². The van der Waals surface area contributed by atoms with Crippen molar-refractivity contribution in [1.29, 1.82) is 0 Å². The summed E-state index contributed by atoms with van der Waals surface area (Å²) in [4.78, 5) is 10.4. The molecular formula is C19H38O3. The number of carbonyl (C=O) groups is 1. The van der Waals surface area contributed by atoms with Crippen LogP contribution >= 0.6 is 0 Å². The minimum atomic E-state index is -0.208. The molecule has 0 spiro atoms. The van der Waals surface area contributed by atoms with E-state index in [0.29, 0.717) is 19.1 Å². The predicted octanol–water partition coefficient (Wildman–Crippen LogP) is 5.02. The summed E-state index contributed by atoms with van der Waals surface area (Å²) in [7, 11) is 0. The molecule has 132 valence electrons. The number of hydrogen-bond donors (Lipinski definition) is 0. The zero-order chi connectivity index (χ0) is 17.4. The highest BCUT2D eigenvalue weighted by Crippen LogP contribution is 2.40. The van der Waals surface area contributed by atoms with Crippen molar-refractivity contribution >= 4 is 6.29 Å². The minimum Gasteiger partial charge on any atom is -0.378 e. The summed E-state index contributed by atoms with van der Waals surface area (Å²) in [5.74, 6) is 0. The zero-order valence-corrected chi connectivity index (χ0v) is 16.1. The second-order valence-electron chi connectivity index (χ2n) is 8.78. The molecule has 0 aromatic rings. The average molecular weight is 315 g/mol. The molecule has 0 aliphatic heterocycles. The molecule has 3 nitrogen and oxygen atoms in total. The van der Waals surface area contributed by atoms with Gasteiger partial charge < -0.3 is 14.3 Å². The molecule has 22 heavy (non-hydrogen) atoms. The standard InChI is InChI=1S/C19H38O3/c1-9-16(2)21-15-18(5,6)13-17(3,4)14-19(7,8)22-12-10-11-20/h11,16H,9-10,12-15H2,1-8H3. The first kappa shape index (κ1) is 21.6. The van der Waals surface area contributed by atoms with Gasteiger partial charge in [-0.05, 0) is 50.9 Å². The summed E-state index contributed by atoms with van der Waals surface area (Å²) in [5, 5.41) is 0. The lowest BCUT2D eigenvalue weighted by atomic mass is 9.71. The van der Waals surface area contributed by atoms with Gasteiger partial charge in [-0.1, -0.05) is 34.6 Å². The molecular weight excluding hydrogens is 276 g/mol. The average Bonchev–Trinajstić information content (AvgIpc) is 2.33. The molecule has 0 rings (SSSR count). The summed E-state index contributed by atoms with van der Waals surface area (Å²) in [6.07, 6.45) is 4.80. The van der Waals surface area contributed by atoms with Gasteiger partial charge >= 0.3 is 0 Å². The van der Waals surface area contributed by atoms with Gasteiger partial charge in [0.05, 0.1) is 24.9 Å². The molecule has 0 aromatic carbocycles. The third kappa shape index (κ3) is 10.3. The van der Waals surface area contributed by atoms with Crippen molar-refractivity contribution in [2.24, 2.45) is 10.8 Å². The molecule has 0 aromatic heterocycles. The normalized spacial score (nSPS) is 14.9. The van der Waals surface area contributed by atoms with E-state index in [-0.39, 0.29) is 16.4 Å². The van der Waals surface area contributed by atoms with Gasteiger partial charge in [0, 0.05) is 6.42 Å². The predicted molar refractivity (Wildman–Crippen MR) is 93.2 cm³/mol. The Morgan fingerprint density at radius 1 is 1.00 bits per heavy atom. The van der Waals surface area contributed by atoms with E-state index in [1.165, 1.54) is 0 Å². The van der Waals surface area contributed by atoms with Gasteiger partial charge in [0.15, 0.2) is 0 Å². The number of carbonyl (C=O) groups excluding carboxylic acids is 1. The molecule has 0 N–H and O–H groups in total. The van der Waals surface area contributed by atoms with Crippen LogP contribution in [-0.4, -0.2) is 31.2 Å². The Labute approximate surface area is 138 Å². The molecule has 0 saturated heterocycles. The number of aldehydes is 1. The van der Waals surface area contributed by atoms with Crippen LogP contribution in [0.15, 0.2) is 0 Å². The second kappa shape index (κ2) is 9.02. The van der Waals surface area contributed by atoms with Gasteiger partial charge in [-0.2, -0.15) is 0 Å². The number of rotatable bonds is 12. The molecule has 1 unspecified atom stereocenters. The monoisotopic (exact) mass is 314 g/mol. The maximum atomic E-state index is 10.4. The van der Waals surface area contributed by atoms with E-state index in [1.807, 2.05) is 0 Å². The van der Waals surface area contributed by atoms with E-state index < -0.39 is 0 Å². The van der Waals surface area contributed by atoms with Crippen molar-refractivity contribution in [1.82, 2.24) is 0 Å². The summed E-state index contributed by atoms with van der Waals surface area (Å²) >= 11 is 0. The molecule has 0 bridgehead atoms. The van der Waals surface area contributed by atoms with Crippen LogP contribution in [-0.2, 0) is 14.3 Å². The van der Waals surface area contributed by atoms with E-state index in [0.717, 1.165) is 32.2 Å². The molecule has 0 aliphatic carbocycles.